The summed E-state index contributed by atoms with van der Waals surface area (Å²) in [5, 5.41) is 20.7. The van der Waals surface area contributed by atoms with Crippen LogP contribution in [0.5, 0.6) is 5.75 Å². The van der Waals surface area contributed by atoms with Crippen LogP contribution in [0, 0.1) is 0 Å². The maximum absolute atomic E-state index is 12.6. The van der Waals surface area contributed by atoms with Gasteiger partial charge in [-0.05, 0) is 60.9 Å². The van der Waals surface area contributed by atoms with Crippen molar-refractivity contribution in [1.29, 1.82) is 0 Å². The normalized spacial score (nSPS) is 10.9. The summed E-state index contributed by atoms with van der Waals surface area (Å²) in [5.74, 6) is -0.360. The number of aliphatic hydroxyl groups is 1. The van der Waals surface area contributed by atoms with Crippen LogP contribution in [0.3, 0.4) is 0 Å². The van der Waals surface area contributed by atoms with Gasteiger partial charge in [0.2, 0.25) is 5.60 Å². The van der Waals surface area contributed by atoms with E-state index in [0.29, 0.717) is 16.9 Å². The van der Waals surface area contributed by atoms with E-state index >= 15 is 0 Å². The molecule has 6 heteroatoms. The number of phenolic OH excluding ortho intramolecular Hbond substituents is 1. The van der Waals surface area contributed by atoms with Crippen molar-refractivity contribution in [3.8, 4) is 16.9 Å². The lowest BCUT2D eigenvalue weighted by molar-refractivity contribution is -0.166. The number of ether oxygens (including phenoxy) is 1. The van der Waals surface area contributed by atoms with E-state index in [0.717, 1.165) is 20.1 Å². The van der Waals surface area contributed by atoms with Gasteiger partial charge in [-0.1, -0.05) is 105 Å². The molecular weight excluding hydrogens is 572 g/mol. The molecular formula is C29H26Br2O4. The summed E-state index contributed by atoms with van der Waals surface area (Å²) in [6.07, 6.45) is -0.315. The van der Waals surface area contributed by atoms with Crippen LogP contribution in [0.4, 0.5) is 0 Å². The largest absolute Gasteiger partial charge is 0.507 e. The zero-order chi connectivity index (χ0) is 25.4. The van der Waals surface area contributed by atoms with Gasteiger partial charge in [0.15, 0.2) is 0 Å². The first-order valence-electron chi connectivity index (χ1n) is 11.0. The number of benzene rings is 4. The third-order valence-electron chi connectivity index (χ3n) is 5.15. The number of hydrogen-bond acceptors (Lipinski definition) is 4. The third-order valence-corrected chi connectivity index (χ3v) is 6.21. The molecule has 35 heavy (non-hydrogen) atoms. The van der Waals surface area contributed by atoms with Crippen LogP contribution in [0.1, 0.15) is 25.0 Å². The molecule has 0 saturated carbocycles. The molecule has 0 spiro atoms. The molecule has 180 valence electrons. The van der Waals surface area contributed by atoms with E-state index < -0.39 is 11.6 Å². The highest BCUT2D eigenvalue weighted by Crippen LogP contribution is 2.33. The Morgan fingerprint density at radius 2 is 1.20 bits per heavy atom. The van der Waals surface area contributed by atoms with Crippen molar-refractivity contribution in [2.75, 3.05) is 0 Å². The smallest absolute Gasteiger partial charge is 0.347 e. The fourth-order valence-electron chi connectivity index (χ4n) is 3.42. The number of halogens is 2. The molecule has 0 atom stereocenters. The van der Waals surface area contributed by atoms with Crippen molar-refractivity contribution < 1.29 is 19.7 Å². The Labute approximate surface area is 222 Å². The maximum atomic E-state index is 12.6. The fraction of sp³-hybridized carbons (Fsp3) is 0.138. The average Bonchev–Trinajstić information content (AvgIpc) is 2.85. The first-order valence-corrected chi connectivity index (χ1v) is 12.6. The van der Waals surface area contributed by atoms with Gasteiger partial charge in [-0.2, -0.15) is 0 Å². The maximum Gasteiger partial charge on any atom is 0.347 e. The summed E-state index contributed by atoms with van der Waals surface area (Å²) in [5.41, 5.74) is 1.00. The van der Waals surface area contributed by atoms with Crippen LogP contribution in [-0.4, -0.2) is 22.3 Å². The van der Waals surface area contributed by atoms with E-state index in [1.54, 1.807) is 68.4 Å². The Kier molecular flexibility index (Phi) is 9.26. The number of aromatic hydroxyl groups is 1. The highest BCUT2D eigenvalue weighted by molar-refractivity contribution is 9.10. The second-order valence-corrected chi connectivity index (χ2v) is 9.89. The molecule has 4 rings (SSSR count). The van der Waals surface area contributed by atoms with Gasteiger partial charge in [-0.3, -0.25) is 0 Å². The molecule has 0 aliphatic rings. The van der Waals surface area contributed by atoms with Crippen molar-refractivity contribution in [1.82, 2.24) is 0 Å². The minimum atomic E-state index is -1.84. The second kappa shape index (κ2) is 12.2. The molecule has 0 fully saturated rings. The van der Waals surface area contributed by atoms with Crippen LogP contribution in [0.15, 0.2) is 112 Å². The Morgan fingerprint density at radius 3 is 1.66 bits per heavy atom. The molecule has 2 N–H and O–H groups in total. The minimum absolute atomic E-state index is 0.315. The first kappa shape index (κ1) is 26.7. The van der Waals surface area contributed by atoms with Gasteiger partial charge < -0.3 is 14.9 Å². The van der Waals surface area contributed by atoms with Gasteiger partial charge in [0, 0.05) is 14.5 Å². The van der Waals surface area contributed by atoms with Crippen LogP contribution >= 0.6 is 31.9 Å². The molecule has 0 aromatic heterocycles. The number of esters is 1. The van der Waals surface area contributed by atoms with Gasteiger partial charge in [0.25, 0.3) is 0 Å². The summed E-state index contributed by atoms with van der Waals surface area (Å²) >= 11 is 6.70. The second-order valence-electron chi connectivity index (χ2n) is 8.06. The van der Waals surface area contributed by atoms with Crippen LogP contribution < -0.4 is 0 Å². The molecule has 4 aromatic carbocycles. The Balaban J connectivity index is 0.000000223. The van der Waals surface area contributed by atoms with Crippen molar-refractivity contribution in [3.63, 3.8) is 0 Å². The number of rotatable bonds is 5. The molecule has 0 amide bonds. The van der Waals surface area contributed by atoms with Crippen LogP contribution in [0.25, 0.3) is 11.1 Å². The molecule has 0 radical (unpaired) electrons. The van der Waals surface area contributed by atoms with Crippen molar-refractivity contribution in [2.24, 2.45) is 0 Å². The van der Waals surface area contributed by atoms with E-state index in [1.165, 1.54) is 0 Å². The standard InChI is InChI=1S/C17H16Br2O3.C12H10O/c1-11(2)22-16(20)17(21,12-3-7-14(18)8-4-12)13-5-9-15(19)10-6-13;13-12-9-5-4-8-11(12)10-6-2-1-3-7-10/h3-11,21H,1-2H3;1-9,13H. The summed E-state index contributed by atoms with van der Waals surface area (Å²) in [4.78, 5) is 12.6. The van der Waals surface area contributed by atoms with Crippen LogP contribution in [-0.2, 0) is 15.1 Å². The quantitative estimate of drug-likeness (QED) is 0.234. The summed E-state index contributed by atoms with van der Waals surface area (Å²) in [6.45, 7) is 3.50. The number of phenols is 1. The summed E-state index contributed by atoms with van der Waals surface area (Å²) < 4.78 is 7.01. The van der Waals surface area contributed by atoms with Gasteiger partial charge in [0.05, 0.1) is 6.10 Å². The predicted octanol–water partition coefficient (Wildman–Crippen LogP) is 7.46. The molecule has 4 nitrogen and oxygen atoms in total. The Morgan fingerprint density at radius 1 is 0.743 bits per heavy atom. The van der Waals surface area contributed by atoms with E-state index in [1.807, 2.05) is 48.5 Å². The SMILES string of the molecule is CC(C)OC(=O)C(O)(c1ccc(Br)cc1)c1ccc(Br)cc1.Oc1ccccc1-c1ccccc1. The highest BCUT2D eigenvalue weighted by atomic mass is 79.9. The van der Waals surface area contributed by atoms with Crippen molar-refractivity contribution in [2.45, 2.75) is 25.6 Å². The van der Waals surface area contributed by atoms with E-state index in [9.17, 15) is 15.0 Å². The predicted molar refractivity (Wildman–Crippen MR) is 146 cm³/mol. The number of carbonyl (C=O) groups excluding carboxylic acids is 1. The Hall–Kier alpha value is -2.93. The van der Waals surface area contributed by atoms with Crippen LogP contribution in [0.2, 0.25) is 0 Å². The molecule has 0 saturated heterocycles. The van der Waals surface area contributed by atoms with Gasteiger partial charge in [0.1, 0.15) is 5.75 Å². The lowest BCUT2D eigenvalue weighted by Crippen LogP contribution is -2.39. The average molecular weight is 598 g/mol. The van der Waals surface area contributed by atoms with Gasteiger partial charge in [-0.15, -0.1) is 0 Å². The van der Waals surface area contributed by atoms with E-state index in [-0.39, 0.29) is 6.10 Å². The van der Waals surface area contributed by atoms with Gasteiger partial charge >= 0.3 is 5.97 Å². The summed E-state index contributed by atoms with van der Waals surface area (Å²) in [7, 11) is 0. The lowest BCUT2D eigenvalue weighted by atomic mass is 9.86. The molecule has 0 heterocycles. The topological polar surface area (TPSA) is 66.8 Å². The monoisotopic (exact) mass is 596 g/mol. The minimum Gasteiger partial charge on any atom is -0.507 e. The molecule has 0 bridgehead atoms. The molecule has 0 unspecified atom stereocenters. The van der Waals surface area contributed by atoms with E-state index in [2.05, 4.69) is 31.9 Å². The zero-order valence-electron chi connectivity index (χ0n) is 19.4. The Bertz CT molecular complexity index is 1190. The summed E-state index contributed by atoms with van der Waals surface area (Å²) in [6, 6.07) is 31.1. The lowest BCUT2D eigenvalue weighted by Gasteiger charge is -2.28. The van der Waals surface area contributed by atoms with Crippen molar-refractivity contribution >= 4 is 37.8 Å². The fourth-order valence-corrected chi connectivity index (χ4v) is 3.95. The zero-order valence-corrected chi connectivity index (χ0v) is 22.5. The molecule has 0 aliphatic carbocycles. The molecule has 4 aromatic rings. The third kappa shape index (κ3) is 6.82. The number of hydrogen-bond donors (Lipinski definition) is 2. The molecule has 0 aliphatic heterocycles. The van der Waals surface area contributed by atoms with E-state index in [4.69, 9.17) is 4.74 Å². The highest BCUT2D eigenvalue weighted by Gasteiger charge is 2.42. The number of para-hydroxylation sites is 1. The first-order chi connectivity index (χ1) is 16.7. The van der Waals surface area contributed by atoms with Crippen molar-refractivity contribution in [3.05, 3.63) is 123 Å². The number of carbonyl (C=O) groups is 1. The van der Waals surface area contributed by atoms with Gasteiger partial charge in [-0.25, -0.2) is 4.79 Å².